The summed E-state index contributed by atoms with van der Waals surface area (Å²) in [7, 11) is 0. The number of ether oxygens (including phenoxy) is 1. The van der Waals surface area contributed by atoms with Gasteiger partial charge in [0.05, 0.1) is 16.7 Å². The molecule has 0 aliphatic carbocycles. The molecule has 1 heterocycles. The van der Waals surface area contributed by atoms with E-state index in [4.69, 9.17) is 14.8 Å². The number of rotatable bonds is 4. The number of ketones is 1. The molecule has 0 saturated carbocycles. The molecule has 32 heavy (non-hydrogen) atoms. The van der Waals surface area contributed by atoms with E-state index in [9.17, 15) is 20.4 Å². The standard InChI is InChI=1S/C23H24N4O5/c1-22(2,3)21(26-32-23(4,5)6)31-18-8-7-9-27(30)19(18)20(29)16-10-14(12-24)15(13-25)11-17(16)28/h7-11,28H,1-6H3. The molecule has 9 heteroatoms. The molecule has 0 unspecified atom stereocenters. The fraction of sp³-hybridized carbons (Fsp3) is 0.348. The Morgan fingerprint density at radius 2 is 1.72 bits per heavy atom. The Hall–Kier alpha value is -4.11. The number of carbonyl (C=O) groups is 1. The van der Waals surface area contributed by atoms with Gasteiger partial charge in [0, 0.05) is 11.5 Å². The Balaban J connectivity index is 2.61. The van der Waals surface area contributed by atoms with E-state index in [1.807, 2.05) is 20.8 Å². The highest BCUT2D eigenvalue weighted by atomic mass is 16.7. The lowest BCUT2D eigenvalue weighted by atomic mass is 9.96. The van der Waals surface area contributed by atoms with E-state index < -0.39 is 28.2 Å². The van der Waals surface area contributed by atoms with Gasteiger partial charge in [0.25, 0.3) is 5.78 Å². The lowest BCUT2D eigenvalue weighted by molar-refractivity contribution is -0.607. The van der Waals surface area contributed by atoms with Crippen LogP contribution in [0.4, 0.5) is 0 Å². The topological polar surface area (TPSA) is 143 Å². The Morgan fingerprint density at radius 1 is 1.12 bits per heavy atom. The number of hydrogen-bond donors (Lipinski definition) is 1. The fourth-order valence-electron chi connectivity index (χ4n) is 2.44. The Bertz CT molecular complexity index is 1160. The van der Waals surface area contributed by atoms with Crippen LogP contribution in [0, 0.1) is 33.3 Å². The number of hydrogen-bond acceptors (Lipinski definition) is 8. The van der Waals surface area contributed by atoms with Gasteiger partial charge in [-0.2, -0.15) is 15.3 Å². The van der Waals surface area contributed by atoms with E-state index in [0.717, 1.165) is 18.3 Å². The maximum atomic E-state index is 13.2. The summed E-state index contributed by atoms with van der Waals surface area (Å²) in [6.45, 7) is 10.9. The van der Waals surface area contributed by atoms with Crippen LogP contribution in [0.15, 0.2) is 35.6 Å². The minimum absolute atomic E-state index is 0.0948. The van der Waals surface area contributed by atoms with Crippen molar-refractivity contribution < 1.29 is 24.2 Å². The summed E-state index contributed by atoms with van der Waals surface area (Å²) in [6.07, 6.45) is 1.10. The zero-order valence-electron chi connectivity index (χ0n) is 18.8. The lowest BCUT2D eigenvalue weighted by Crippen LogP contribution is -2.37. The predicted octanol–water partition coefficient (Wildman–Crippen LogP) is 3.55. The van der Waals surface area contributed by atoms with Gasteiger partial charge in [-0.1, -0.05) is 25.9 Å². The lowest BCUT2D eigenvalue weighted by Gasteiger charge is -2.23. The molecule has 0 spiro atoms. The number of carbonyl (C=O) groups excluding carboxylic acids is 1. The van der Waals surface area contributed by atoms with E-state index in [1.54, 1.807) is 32.9 Å². The number of nitrogens with zero attached hydrogens (tertiary/aromatic N) is 4. The van der Waals surface area contributed by atoms with Gasteiger partial charge in [0.15, 0.2) is 6.20 Å². The van der Waals surface area contributed by atoms with Crippen molar-refractivity contribution in [1.29, 1.82) is 10.5 Å². The number of phenols is 1. The molecule has 0 amide bonds. The summed E-state index contributed by atoms with van der Waals surface area (Å²) < 4.78 is 6.15. The van der Waals surface area contributed by atoms with Crippen molar-refractivity contribution in [2.24, 2.45) is 10.6 Å². The fourth-order valence-corrected chi connectivity index (χ4v) is 2.44. The second-order valence-corrected chi connectivity index (χ2v) is 8.97. The van der Waals surface area contributed by atoms with Gasteiger partial charge in [-0.05, 0) is 39.0 Å². The van der Waals surface area contributed by atoms with Gasteiger partial charge in [-0.15, -0.1) is 0 Å². The second kappa shape index (κ2) is 8.94. The van der Waals surface area contributed by atoms with Crippen molar-refractivity contribution in [2.75, 3.05) is 0 Å². The average Bonchev–Trinajstić information content (AvgIpc) is 2.68. The highest BCUT2D eigenvalue weighted by Gasteiger charge is 2.31. The predicted molar refractivity (Wildman–Crippen MR) is 115 cm³/mol. The van der Waals surface area contributed by atoms with Crippen LogP contribution in [0.25, 0.3) is 0 Å². The van der Waals surface area contributed by atoms with Crippen molar-refractivity contribution in [2.45, 2.75) is 47.1 Å². The number of aromatic nitrogens is 1. The molecule has 0 saturated heterocycles. The zero-order chi connectivity index (χ0) is 24.3. The first-order valence-electron chi connectivity index (χ1n) is 9.67. The number of phenolic OH excluding ortho intramolecular Hbond substituents is 1. The monoisotopic (exact) mass is 436 g/mol. The number of oxime groups is 1. The van der Waals surface area contributed by atoms with Gasteiger partial charge < -0.3 is 19.9 Å². The molecular formula is C23H24N4O5. The third kappa shape index (κ3) is 5.52. The first-order valence-corrected chi connectivity index (χ1v) is 9.67. The van der Waals surface area contributed by atoms with Gasteiger partial charge in [0.1, 0.15) is 23.5 Å². The first-order chi connectivity index (χ1) is 14.8. The SMILES string of the molecule is CC(C)(C)ON=C(Oc1ccc[n+]([O-])c1C(=O)c1cc(C#N)c(C#N)cc1O)C(C)(C)C. The summed E-state index contributed by atoms with van der Waals surface area (Å²) in [5, 5.41) is 45.2. The smallest absolute Gasteiger partial charge is 0.308 e. The number of benzene rings is 1. The van der Waals surface area contributed by atoms with E-state index in [0.29, 0.717) is 4.73 Å². The number of nitriles is 2. The van der Waals surface area contributed by atoms with Gasteiger partial charge >= 0.3 is 5.69 Å². The van der Waals surface area contributed by atoms with Crippen LogP contribution < -0.4 is 9.47 Å². The molecule has 0 bridgehead atoms. The highest BCUT2D eigenvalue weighted by Crippen LogP contribution is 2.29. The Labute approximate surface area is 186 Å². The summed E-state index contributed by atoms with van der Waals surface area (Å²) in [6, 6.07) is 8.43. The highest BCUT2D eigenvalue weighted by molar-refractivity contribution is 6.10. The van der Waals surface area contributed by atoms with Crippen LogP contribution in [-0.4, -0.2) is 22.4 Å². The summed E-state index contributed by atoms with van der Waals surface area (Å²) in [4.78, 5) is 18.7. The molecule has 0 fully saturated rings. The third-order valence-electron chi connectivity index (χ3n) is 4.01. The third-order valence-corrected chi connectivity index (χ3v) is 4.01. The molecule has 2 rings (SSSR count). The van der Waals surface area contributed by atoms with Crippen molar-refractivity contribution >= 4 is 11.7 Å². The molecule has 1 aromatic carbocycles. The van der Waals surface area contributed by atoms with Crippen molar-refractivity contribution in [3.05, 3.63) is 58.1 Å². The summed E-state index contributed by atoms with van der Waals surface area (Å²) in [5.41, 5.74) is -2.19. The van der Waals surface area contributed by atoms with Crippen molar-refractivity contribution in [3.63, 3.8) is 0 Å². The molecule has 166 valence electrons. The van der Waals surface area contributed by atoms with Crippen molar-refractivity contribution in [1.82, 2.24) is 0 Å². The number of pyridine rings is 1. The second-order valence-electron chi connectivity index (χ2n) is 8.97. The molecule has 9 nitrogen and oxygen atoms in total. The van der Waals surface area contributed by atoms with Crippen molar-refractivity contribution in [3.8, 4) is 23.6 Å². The minimum atomic E-state index is -0.890. The maximum absolute atomic E-state index is 13.2. The molecule has 1 N–H and O–H groups in total. The van der Waals surface area contributed by atoms with Crippen LogP contribution in [0.5, 0.6) is 11.5 Å². The zero-order valence-corrected chi connectivity index (χ0v) is 18.8. The Morgan fingerprint density at radius 3 is 2.25 bits per heavy atom. The average molecular weight is 436 g/mol. The Kier molecular flexibility index (Phi) is 6.75. The first kappa shape index (κ1) is 24.2. The quantitative estimate of drug-likeness (QED) is 0.193. The van der Waals surface area contributed by atoms with Crippen LogP contribution in [0.3, 0.4) is 0 Å². The normalized spacial score (nSPS) is 11.9. The molecule has 0 atom stereocenters. The largest absolute Gasteiger partial charge is 0.618 e. The molecule has 0 aliphatic rings. The molecule has 0 aliphatic heterocycles. The molecule has 1 aromatic heterocycles. The molecular weight excluding hydrogens is 412 g/mol. The van der Waals surface area contributed by atoms with E-state index >= 15 is 0 Å². The van der Waals surface area contributed by atoms with E-state index in [-0.39, 0.29) is 28.3 Å². The van der Waals surface area contributed by atoms with Gasteiger partial charge in [-0.3, -0.25) is 4.79 Å². The van der Waals surface area contributed by atoms with Crippen LogP contribution in [0.2, 0.25) is 0 Å². The van der Waals surface area contributed by atoms with E-state index in [2.05, 4.69) is 5.16 Å². The van der Waals surface area contributed by atoms with Crippen LogP contribution in [0.1, 0.15) is 68.7 Å². The molecule has 2 aromatic rings. The van der Waals surface area contributed by atoms with Gasteiger partial charge in [0.2, 0.25) is 11.6 Å². The number of aromatic hydroxyl groups is 1. The van der Waals surface area contributed by atoms with Gasteiger partial charge in [-0.25, -0.2) is 0 Å². The van der Waals surface area contributed by atoms with E-state index in [1.165, 1.54) is 12.1 Å². The maximum Gasteiger partial charge on any atom is 0.308 e. The summed E-state index contributed by atoms with van der Waals surface area (Å²) in [5.74, 6) is -1.42. The minimum Gasteiger partial charge on any atom is -0.618 e. The molecule has 0 radical (unpaired) electrons. The van der Waals surface area contributed by atoms with Crippen LogP contribution in [-0.2, 0) is 4.84 Å². The van der Waals surface area contributed by atoms with Crippen LogP contribution >= 0.6 is 0 Å². The summed E-state index contributed by atoms with van der Waals surface area (Å²) >= 11 is 0.